The molecule has 0 aliphatic carbocycles. The Hall–Kier alpha value is -3.48. The SMILES string of the molecule is COc1ccccc1C(=O)N/N=C/c1ccc(-c2ccc(F)cc2F)o1. The van der Waals surface area contributed by atoms with E-state index >= 15 is 0 Å². The molecule has 0 aliphatic heterocycles. The van der Waals surface area contributed by atoms with Crippen molar-refractivity contribution >= 4 is 12.1 Å². The first-order valence-electron chi connectivity index (χ1n) is 7.60. The summed E-state index contributed by atoms with van der Waals surface area (Å²) < 4.78 is 37.3. The summed E-state index contributed by atoms with van der Waals surface area (Å²) in [5, 5.41) is 3.81. The van der Waals surface area contributed by atoms with Crippen molar-refractivity contribution in [3.63, 3.8) is 0 Å². The molecule has 0 spiro atoms. The molecule has 0 saturated heterocycles. The Balaban J connectivity index is 1.70. The Morgan fingerprint density at radius 2 is 1.96 bits per heavy atom. The van der Waals surface area contributed by atoms with Crippen LogP contribution in [0.25, 0.3) is 11.3 Å². The number of halogens is 2. The van der Waals surface area contributed by atoms with Gasteiger partial charge in [-0.15, -0.1) is 0 Å². The third kappa shape index (κ3) is 3.77. The van der Waals surface area contributed by atoms with E-state index in [0.717, 1.165) is 12.1 Å². The zero-order chi connectivity index (χ0) is 18.5. The van der Waals surface area contributed by atoms with Crippen LogP contribution in [0.4, 0.5) is 8.78 Å². The van der Waals surface area contributed by atoms with Gasteiger partial charge < -0.3 is 9.15 Å². The van der Waals surface area contributed by atoms with Crippen molar-refractivity contribution in [2.75, 3.05) is 7.11 Å². The normalized spacial score (nSPS) is 10.9. The van der Waals surface area contributed by atoms with Crippen molar-refractivity contribution < 1.29 is 22.7 Å². The first kappa shape index (κ1) is 17.3. The number of hydrazone groups is 1. The summed E-state index contributed by atoms with van der Waals surface area (Å²) in [6, 6.07) is 13.0. The lowest BCUT2D eigenvalue weighted by Crippen LogP contribution is -2.18. The maximum Gasteiger partial charge on any atom is 0.275 e. The summed E-state index contributed by atoms with van der Waals surface area (Å²) in [6.07, 6.45) is 1.28. The summed E-state index contributed by atoms with van der Waals surface area (Å²) in [7, 11) is 1.47. The molecular weight excluding hydrogens is 342 g/mol. The highest BCUT2D eigenvalue weighted by atomic mass is 19.1. The molecule has 1 heterocycles. The van der Waals surface area contributed by atoms with Crippen LogP contribution in [0, 0.1) is 11.6 Å². The fraction of sp³-hybridized carbons (Fsp3) is 0.0526. The Morgan fingerprint density at radius 3 is 2.73 bits per heavy atom. The molecule has 0 fully saturated rings. The van der Waals surface area contributed by atoms with Crippen LogP contribution >= 0.6 is 0 Å². The molecule has 7 heteroatoms. The maximum absolute atomic E-state index is 13.8. The van der Waals surface area contributed by atoms with E-state index in [2.05, 4.69) is 10.5 Å². The van der Waals surface area contributed by atoms with E-state index in [9.17, 15) is 13.6 Å². The number of amides is 1. The monoisotopic (exact) mass is 356 g/mol. The quantitative estimate of drug-likeness (QED) is 0.555. The number of ether oxygens (including phenoxy) is 1. The number of hydrogen-bond donors (Lipinski definition) is 1. The number of hydrogen-bond acceptors (Lipinski definition) is 4. The van der Waals surface area contributed by atoms with Crippen LogP contribution in [-0.4, -0.2) is 19.2 Å². The minimum atomic E-state index is -0.729. The Labute approximate surface area is 147 Å². The molecule has 2 aromatic carbocycles. The fourth-order valence-electron chi connectivity index (χ4n) is 2.30. The van der Waals surface area contributed by atoms with E-state index in [1.165, 1.54) is 25.5 Å². The summed E-state index contributed by atoms with van der Waals surface area (Å²) in [6.45, 7) is 0. The first-order chi connectivity index (χ1) is 12.6. The molecule has 3 aromatic rings. The number of rotatable bonds is 5. The van der Waals surface area contributed by atoms with Gasteiger partial charge in [-0.05, 0) is 36.4 Å². The Bertz CT molecular complexity index is 967. The Kier molecular flexibility index (Phi) is 5.07. The van der Waals surface area contributed by atoms with Crippen molar-refractivity contribution in [2.45, 2.75) is 0 Å². The summed E-state index contributed by atoms with van der Waals surface area (Å²) in [4.78, 5) is 12.1. The van der Waals surface area contributed by atoms with Crippen molar-refractivity contribution in [3.05, 3.63) is 77.6 Å². The number of para-hydroxylation sites is 1. The summed E-state index contributed by atoms with van der Waals surface area (Å²) >= 11 is 0. The van der Waals surface area contributed by atoms with Gasteiger partial charge in [-0.25, -0.2) is 14.2 Å². The van der Waals surface area contributed by atoms with Gasteiger partial charge in [-0.3, -0.25) is 4.79 Å². The van der Waals surface area contributed by atoms with E-state index < -0.39 is 17.5 Å². The van der Waals surface area contributed by atoms with Crippen LogP contribution < -0.4 is 10.2 Å². The molecule has 132 valence electrons. The third-order valence-electron chi connectivity index (χ3n) is 3.53. The zero-order valence-corrected chi connectivity index (χ0v) is 13.7. The smallest absolute Gasteiger partial charge is 0.275 e. The van der Waals surface area contributed by atoms with E-state index in [-0.39, 0.29) is 11.3 Å². The van der Waals surface area contributed by atoms with Gasteiger partial charge in [-0.1, -0.05) is 12.1 Å². The van der Waals surface area contributed by atoms with Crippen LogP contribution in [-0.2, 0) is 0 Å². The van der Waals surface area contributed by atoms with Gasteiger partial charge in [0.2, 0.25) is 0 Å². The highest BCUT2D eigenvalue weighted by Gasteiger charge is 2.11. The van der Waals surface area contributed by atoms with Crippen molar-refractivity contribution in [1.29, 1.82) is 0 Å². The molecule has 1 aromatic heterocycles. The number of nitrogens with one attached hydrogen (secondary N) is 1. The first-order valence-corrected chi connectivity index (χ1v) is 7.60. The minimum Gasteiger partial charge on any atom is -0.496 e. The third-order valence-corrected chi connectivity index (χ3v) is 3.53. The second-order valence-electron chi connectivity index (χ2n) is 5.23. The second kappa shape index (κ2) is 7.60. The Morgan fingerprint density at radius 1 is 1.15 bits per heavy atom. The lowest BCUT2D eigenvalue weighted by Gasteiger charge is -2.05. The molecule has 1 N–H and O–H groups in total. The largest absolute Gasteiger partial charge is 0.496 e. The minimum absolute atomic E-state index is 0.129. The number of carbonyl (C=O) groups is 1. The van der Waals surface area contributed by atoms with Gasteiger partial charge in [0.05, 0.1) is 24.5 Å². The summed E-state index contributed by atoms with van der Waals surface area (Å²) in [5.74, 6) is -0.905. The van der Waals surface area contributed by atoms with Crippen LogP contribution in [0.1, 0.15) is 16.1 Å². The lowest BCUT2D eigenvalue weighted by molar-refractivity contribution is 0.0952. The second-order valence-corrected chi connectivity index (χ2v) is 5.23. The van der Waals surface area contributed by atoms with Gasteiger partial charge in [-0.2, -0.15) is 5.10 Å². The number of benzene rings is 2. The number of carbonyl (C=O) groups excluding carboxylic acids is 1. The number of methoxy groups -OCH3 is 1. The predicted octanol–water partition coefficient (Wildman–Crippen LogP) is 4.00. The topological polar surface area (TPSA) is 63.8 Å². The predicted molar refractivity (Wildman–Crippen MR) is 92.1 cm³/mol. The van der Waals surface area contributed by atoms with E-state index in [1.807, 2.05) is 0 Å². The van der Waals surface area contributed by atoms with Crippen LogP contribution in [0.2, 0.25) is 0 Å². The molecule has 1 amide bonds. The standard InChI is InChI=1S/C19H14F2N2O3/c1-25-17-5-3-2-4-15(17)19(24)23-22-11-13-7-9-18(26-13)14-8-6-12(20)10-16(14)21/h2-11H,1H3,(H,23,24)/b22-11+. The molecule has 3 rings (SSSR count). The van der Waals surface area contributed by atoms with Crippen molar-refractivity contribution in [1.82, 2.24) is 5.43 Å². The molecule has 0 bridgehead atoms. The van der Waals surface area contributed by atoms with Crippen LogP contribution in [0.3, 0.4) is 0 Å². The highest BCUT2D eigenvalue weighted by molar-refractivity contribution is 5.97. The molecule has 26 heavy (non-hydrogen) atoms. The van der Waals surface area contributed by atoms with Gasteiger partial charge in [0, 0.05) is 6.07 Å². The number of furan rings is 1. The zero-order valence-electron chi connectivity index (χ0n) is 13.7. The molecule has 0 radical (unpaired) electrons. The maximum atomic E-state index is 13.8. The van der Waals surface area contributed by atoms with Gasteiger partial charge in [0.25, 0.3) is 5.91 Å². The molecule has 0 saturated carbocycles. The van der Waals surface area contributed by atoms with Crippen molar-refractivity contribution in [2.24, 2.45) is 5.10 Å². The molecule has 0 atom stereocenters. The van der Waals surface area contributed by atoms with Crippen molar-refractivity contribution in [3.8, 4) is 17.1 Å². The van der Waals surface area contributed by atoms with Gasteiger partial charge in [0.1, 0.15) is 28.9 Å². The molecule has 5 nitrogen and oxygen atoms in total. The van der Waals surface area contributed by atoms with E-state index in [0.29, 0.717) is 17.1 Å². The van der Waals surface area contributed by atoms with Crippen LogP contribution in [0.5, 0.6) is 5.75 Å². The van der Waals surface area contributed by atoms with E-state index in [1.54, 1.807) is 30.3 Å². The summed E-state index contributed by atoms with van der Waals surface area (Å²) in [5.41, 5.74) is 2.82. The van der Waals surface area contributed by atoms with Gasteiger partial charge >= 0.3 is 0 Å². The fourth-order valence-corrected chi connectivity index (χ4v) is 2.30. The molecule has 0 unspecified atom stereocenters. The van der Waals surface area contributed by atoms with Gasteiger partial charge in [0.15, 0.2) is 0 Å². The van der Waals surface area contributed by atoms with E-state index in [4.69, 9.17) is 9.15 Å². The average Bonchev–Trinajstić information content (AvgIpc) is 3.10. The molecule has 0 aliphatic rings. The lowest BCUT2D eigenvalue weighted by atomic mass is 10.1. The van der Waals surface area contributed by atoms with Crippen LogP contribution in [0.15, 0.2) is 64.1 Å². The highest BCUT2D eigenvalue weighted by Crippen LogP contribution is 2.25. The number of nitrogens with zero attached hydrogens (tertiary/aromatic N) is 1. The molecular formula is C19H14F2N2O3. The average molecular weight is 356 g/mol.